The Hall–Kier alpha value is -2.40. The third-order valence-electron chi connectivity index (χ3n) is 6.82. The highest BCUT2D eigenvalue weighted by molar-refractivity contribution is 5.76. The lowest BCUT2D eigenvalue weighted by molar-refractivity contribution is -0.135. The summed E-state index contributed by atoms with van der Waals surface area (Å²) >= 11 is 0. The number of rotatable bonds is 4. The van der Waals surface area contributed by atoms with Crippen LogP contribution in [0.3, 0.4) is 0 Å². The van der Waals surface area contributed by atoms with E-state index in [2.05, 4.69) is 42.2 Å². The minimum atomic E-state index is -0.120. The van der Waals surface area contributed by atoms with Crippen molar-refractivity contribution in [1.29, 1.82) is 0 Å². The summed E-state index contributed by atoms with van der Waals surface area (Å²) < 4.78 is 1.50. The van der Waals surface area contributed by atoms with Gasteiger partial charge in [-0.25, -0.2) is 0 Å². The van der Waals surface area contributed by atoms with Gasteiger partial charge in [-0.1, -0.05) is 43.3 Å². The molecule has 1 spiro atoms. The van der Waals surface area contributed by atoms with Gasteiger partial charge in [-0.15, -0.1) is 0 Å². The molecule has 2 aliphatic heterocycles. The van der Waals surface area contributed by atoms with Crippen LogP contribution in [0.4, 0.5) is 0 Å². The Balaban J connectivity index is 1.42. The number of likely N-dealkylation sites (tertiary alicyclic amines) is 2. The van der Waals surface area contributed by atoms with E-state index in [9.17, 15) is 9.59 Å². The van der Waals surface area contributed by atoms with Crippen LogP contribution >= 0.6 is 0 Å². The first-order valence-electron chi connectivity index (χ1n) is 10.8. The smallest absolute Gasteiger partial charge is 0.250 e. The molecule has 0 radical (unpaired) electrons. The summed E-state index contributed by atoms with van der Waals surface area (Å²) in [5.41, 5.74) is 1.60. The molecule has 0 unspecified atom stereocenters. The Kier molecular flexibility index (Phi) is 5.86. The second-order valence-electron chi connectivity index (χ2n) is 8.69. The summed E-state index contributed by atoms with van der Waals surface area (Å²) in [6.45, 7) is 7.30. The van der Waals surface area contributed by atoms with E-state index in [-0.39, 0.29) is 23.4 Å². The molecule has 0 N–H and O–H groups in total. The molecule has 1 aromatic heterocycles. The van der Waals surface area contributed by atoms with E-state index in [1.807, 2.05) is 4.90 Å². The molecule has 154 valence electrons. The highest BCUT2D eigenvalue weighted by atomic mass is 16.2. The average Bonchev–Trinajstić information content (AvgIpc) is 2.76. The van der Waals surface area contributed by atoms with Crippen molar-refractivity contribution in [1.82, 2.24) is 14.4 Å². The van der Waals surface area contributed by atoms with Gasteiger partial charge in [0.25, 0.3) is 5.56 Å². The Morgan fingerprint density at radius 2 is 1.79 bits per heavy atom. The van der Waals surface area contributed by atoms with E-state index >= 15 is 0 Å². The first-order chi connectivity index (χ1) is 14.1. The molecule has 29 heavy (non-hydrogen) atoms. The number of carbonyl (C=O) groups is 1. The summed E-state index contributed by atoms with van der Waals surface area (Å²) in [5.74, 6) is 0.617. The van der Waals surface area contributed by atoms with Crippen molar-refractivity contribution in [3.8, 4) is 0 Å². The van der Waals surface area contributed by atoms with Crippen molar-refractivity contribution >= 4 is 5.91 Å². The molecule has 1 amide bonds. The molecule has 2 fully saturated rings. The predicted octanol–water partition coefficient (Wildman–Crippen LogP) is 2.97. The Morgan fingerprint density at radius 1 is 1.07 bits per heavy atom. The van der Waals surface area contributed by atoms with Crippen molar-refractivity contribution in [2.75, 3.05) is 32.7 Å². The largest absolute Gasteiger partial charge is 0.341 e. The van der Waals surface area contributed by atoms with Crippen LogP contribution in [-0.4, -0.2) is 53.0 Å². The zero-order valence-electron chi connectivity index (χ0n) is 17.3. The van der Waals surface area contributed by atoms with Crippen LogP contribution in [0.5, 0.6) is 0 Å². The van der Waals surface area contributed by atoms with Crippen LogP contribution in [0.1, 0.15) is 37.7 Å². The Morgan fingerprint density at radius 3 is 2.48 bits per heavy atom. The van der Waals surface area contributed by atoms with Crippen molar-refractivity contribution < 1.29 is 4.79 Å². The molecule has 0 aliphatic carbocycles. The normalized spacial score (nSPS) is 22.0. The van der Waals surface area contributed by atoms with Crippen LogP contribution in [-0.2, 0) is 11.3 Å². The molecule has 0 saturated carbocycles. The van der Waals surface area contributed by atoms with Crippen LogP contribution in [0, 0.1) is 5.41 Å². The van der Waals surface area contributed by atoms with Gasteiger partial charge < -0.3 is 14.4 Å². The Labute approximate surface area is 172 Å². The standard InChI is InChI=1S/C24H31N3O2/c1-2-25-17-21(20-8-4-3-5-9-20)16-24(19-25)11-14-26(15-12-24)23(29)18-27-13-7-6-10-22(27)28/h3-10,13,21H,2,11-12,14-19H2,1H3/t21-/m1/s1. The maximum Gasteiger partial charge on any atom is 0.250 e. The molecule has 1 aromatic carbocycles. The monoisotopic (exact) mass is 393 g/mol. The summed E-state index contributed by atoms with van der Waals surface area (Å²) in [5, 5.41) is 0. The van der Waals surface area contributed by atoms with Gasteiger partial charge in [-0.2, -0.15) is 0 Å². The van der Waals surface area contributed by atoms with Gasteiger partial charge in [0.05, 0.1) is 0 Å². The fraction of sp³-hybridized carbons (Fsp3) is 0.500. The zero-order valence-corrected chi connectivity index (χ0v) is 17.3. The van der Waals surface area contributed by atoms with Crippen molar-refractivity contribution in [3.63, 3.8) is 0 Å². The van der Waals surface area contributed by atoms with Crippen LogP contribution in [0.15, 0.2) is 59.5 Å². The van der Waals surface area contributed by atoms with Gasteiger partial charge in [0.1, 0.15) is 6.54 Å². The lowest BCUT2D eigenvalue weighted by Gasteiger charge is -2.50. The summed E-state index contributed by atoms with van der Waals surface area (Å²) in [6, 6.07) is 15.9. The second kappa shape index (κ2) is 8.54. The first kappa shape index (κ1) is 19.9. The van der Waals surface area contributed by atoms with Gasteiger partial charge in [-0.05, 0) is 48.8 Å². The quantitative estimate of drug-likeness (QED) is 0.802. The topological polar surface area (TPSA) is 45.5 Å². The third-order valence-corrected chi connectivity index (χ3v) is 6.82. The number of piperidine rings is 2. The van der Waals surface area contributed by atoms with Gasteiger partial charge >= 0.3 is 0 Å². The molecule has 0 bridgehead atoms. The molecule has 4 rings (SSSR count). The summed E-state index contributed by atoms with van der Waals surface area (Å²) in [6.07, 6.45) is 4.98. The number of amides is 1. The first-order valence-corrected chi connectivity index (χ1v) is 10.8. The van der Waals surface area contributed by atoms with E-state index < -0.39 is 0 Å². The predicted molar refractivity (Wildman–Crippen MR) is 115 cm³/mol. The zero-order chi connectivity index (χ0) is 20.3. The minimum Gasteiger partial charge on any atom is -0.341 e. The number of nitrogens with zero attached hydrogens (tertiary/aromatic N) is 3. The van der Waals surface area contributed by atoms with Crippen LogP contribution < -0.4 is 5.56 Å². The van der Waals surface area contributed by atoms with Gasteiger partial charge in [0.15, 0.2) is 0 Å². The van der Waals surface area contributed by atoms with Gasteiger partial charge in [0.2, 0.25) is 5.91 Å². The maximum atomic E-state index is 12.8. The number of likely N-dealkylation sites (N-methyl/N-ethyl adjacent to an activating group) is 1. The molecular formula is C24H31N3O2. The fourth-order valence-electron chi connectivity index (χ4n) is 5.12. The molecule has 1 atom stereocenters. The lowest BCUT2D eigenvalue weighted by Crippen LogP contribution is -2.53. The second-order valence-corrected chi connectivity index (χ2v) is 8.69. The van der Waals surface area contributed by atoms with E-state index in [1.165, 1.54) is 22.6 Å². The summed E-state index contributed by atoms with van der Waals surface area (Å²) in [4.78, 5) is 29.2. The lowest BCUT2D eigenvalue weighted by atomic mass is 9.68. The number of hydrogen-bond donors (Lipinski definition) is 0. The maximum absolute atomic E-state index is 12.8. The average molecular weight is 394 g/mol. The van der Waals surface area contributed by atoms with Crippen LogP contribution in [0.2, 0.25) is 0 Å². The fourth-order valence-corrected chi connectivity index (χ4v) is 5.12. The molecule has 2 aromatic rings. The molecule has 2 aliphatic rings. The number of hydrogen-bond acceptors (Lipinski definition) is 3. The van der Waals surface area contributed by atoms with E-state index in [0.717, 1.165) is 45.6 Å². The Bertz CT molecular complexity index is 884. The van der Waals surface area contributed by atoms with Gasteiger partial charge in [0, 0.05) is 38.4 Å². The van der Waals surface area contributed by atoms with E-state index in [4.69, 9.17) is 0 Å². The number of carbonyl (C=O) groups excluding carboxylic acids is 1. The molecular weight excluding hydrogens is 362 g/mol. The third kappa shape index (κ3) is 4.45. The number of aromatic nitrogens is 1. The molecule has 5 heteroatoms. The minimum absolute atomic E-state index is 0.0518. The number of pyridine rings is 1. The highest BCUT2D eigenvalue weighted by Crippen LogP contribution is 2.45. The summed E-state index contributed by atoms with van der Waals surface area (Å²) in [7, 11) is 0. The molecule has 5 nitrogen and oxygen atoms in total. The van der Waals surface area contributed by atoms with Crippen molar-refractivity contribution in [3.05, 3.63) is 70.6 Å². The van der Waals surface area contributed by atoms with E-state index in [1.54, 1.807) is 18.3 Å². The van der Waals surface area contributed by atoms with Crippen molar-refractivity contribution in [2.45, 2.75) is 38.6 Å². The van der Waals surface area contributed by atoms with Gasteiger partial charge in [-0.3, -0.25) is 9.59 Å². The van der Waals surface area contributed by atoms with Crippen LogP contribution in [0.25, 0.3) is 0 Å². The number of benzene rings is 1. The molecule has 2 saturated heterocycles. The van der Waals surface area contributed by atoms with Crippen molar-refractivity contribution in [2.24, 2.45) is 5.41 Å². The van der Waals surface area contributed by atoms with E-state index in [0.29, 0.717) is 5.92 Å². The highest BCUT2D eigenvalue weighted by Gasteiger charge is 2.42. The molecule has 3 heterocycles. The SMILES string of the molecule is CCN1C[C@H](c2ccccc2)CC2(CCN(C(=O)Cn3ccccc3=O)CC2)C1.